The van der Waals surface area contributed by atoms with Gasteiger partial charge in [-0.1, -0.05) is 12.1 Å². The average Bonchev–Trinajstić information content (AvgIpc) is 2.23. The van der Waals surface area contributed by atoms with Crippen molar-refractivity contribution in [3.8, 4) is 5.75 Å². The lowest BCUT2D eigenvalue weighted by atomic mass is 10.0. The Morgan fingerprint density at radius 1 is 1.38 bits per heavy atom. The summed E-state index contributed by atoms with van der Waals surface area (Å²) in [5, 5.41) is 9.59. The molecule has 0 heterocycles. The van der Waals surface area contributed by atoms with Gasteiger partial charge in [0, 0.05) is 6.42 Å². The van der Waals surface area contributed by atoms with Gasteiger partial charge in [0.1, 0.15) is 11.7 Å². The molecule has 0 aliphatic carbocycles. The summed E-state index contributed by atoms with van der Waals surface area (Å²) in [7, 11) is 0. The van der Waals surface area contributed by atoms with Crippen LogP contribution >= 0.6 is 12.6 Å². The number of ether oxygens (including phenoxy) is 1. The molecule has 0 aliphatic heterocycles. The van der Waals surface area contributed by atoms with Crippen molar-refractivity contribution in [1.29, 1.82) is 0 Å². The van der Waals surface area contributed by atoms with Gasteiger partial charge in [-0.2, -0.15) is 0 Å². The van der Waals surface area contributed by atoms with Crippen molar-refractivity contribution in [2.75, 3.05) is 5.94 Å². The van der Waals surface area contributed by atoms with E-state index in [1.807, 2.05) is 26.0 Å². The minimum absolute atomic E-state index is 0.118. The molecule has 16 heavy (non-hydrogen) atoms. The Bertz CT molecular complexity index is 365. The van der Waals surface area contributed by atoms with Crippen LogP contribution in [0.25, 0.3) is 0 Å². The molecule has 0 aliphatic rings. The van der Waals surface area contributed by atoms with Crippen LogP contribution in [0, 0.1) is 13.8 Å². The molecule has 0 aromatic heterocycles. The number of hydrogen-bond donors (Lipinski definition) is 2. The second-order valence-corrected chi connectivity index (χ2v) is 3.98. The fourth-order valence-corrected chi connectivity index (χ4v) is 1.72. The van der Waals surface area contributed by atoms with Crippen molar-refractivity contribution in [2.45, 2.75) is 26.7 Å². The number of hydrogen-bond acceptors (Lipinski definition) is 4. The van der Waals surface area contributed by atoms with Crippen LogP contribution in [0.4, 0.5) is 0 Å². The van der Waals surface area contributed by atoms with Crippen LogP contribution in [0.2, 0.25) is 0 Å². The number of carbonyl (C=O) groups is 1. The monoisotopic (exact) mass is 240 g/mol. The molecule has 0 amide bonds. The first kappa shape index (κ1) is 12.9. The molecule has 1 N–H and O–H groups in total. The van der Waals surface area contributed by atoms with E-state index >= 15 is 0 Å². The quantitative estimate of drug-likeness (QED) is 0.482. The summed E-state index contributed by atoms with van der Waals surface area (Å²) in [6.07, 6.45) is 0.957. The summed E-state index contributed by atoms with van der Waals surface area (Å²) in [6.45, 7) is 3.69. The van der Waals surface area contributed by atoms with Crippen molar-refractivity contribution in [1.82, 2.24) is 0 Å². The van der Waals surface area contributed by atoms with E-state index in [2.05, 4.69) is 12.6 Å². The Morgan fingerprint density at radius 2 is 1.94 bits per heavy atom. The maximum Gasteiger partial charge on any atom is 0.306 e. The van der Waals surface area contributed by atoms with E-state index in [9.17, 15) is 9.90 Å². The van der Waals surface area contributed by atoms with Gasteiger partial charge < -0.3 is 9.84 Å². The first-order chi connectivity index (χ1) is 7.54. The van der Waals surface area contributed by atoms with Crippen molar-refractivity contribution in [2.24, 2.45) is 0 Å². The minimum Gasteiger partial charge on any atom is -0.507 e. The van der Waals surface area contributed by atoms with Crippen molar-refractivity contribution >= 4 is 18.6 Å². The van der Waals surface area contributed by atoms with Gasteiger partial charge in [0.15, 0.2) is 0 Å². The predicted octanol–water partition coefficient (Wildman–Crippen LogP) is 2.37. The first-order valence-electron chi connectivity index (χ1n) is 5.10. The Labute approximate surface area is 101 Å². The van der Waals surface area contributed by atoms with E-state index in [-0.39, 0.29) is 11.9 Å². The number of carbonyl (C=O) groups excluding carboxylic acids is 1. The molecular formula is C12H16O3S. The number of phenolic OH excluding ortho intramolecular Hbond substituents is 1. The highest BCUT2D eigenvalue weighted by molar-refractivity contribution is 7.80. The van der Waals surface area contributed by atoms with Crippen LogP contribution in [-0.4, -0.2) is 17.0 Å². The Morgan fingerprint density at radius 3 is 2.44 bits per heavy atom. The van der Waals surface area contributed by atoms with Crippen LogP contribution < -0.4 is 0 Å². The zero-order chi connectivity index (χ0) is 12.1. The fraction of sp³-hybridized carbons (Fsp3) is 0.417. The molecule has 4 heteroatoms. The number of phenols is 1. The molecule has 88 valence electrons. The van der Waals surface area contributed by atoms with Crippen molar-refractivity contribution in [3.05, 3.63) is 28.8 Å². The highest BCUT2D eigenvalue weighted by Gasteiger charge is 2.06. The van der Waals surface area contributed by atoms with Crippen LogP contribution in [0.3, 0.4) is 0 Å². The maximum absolute atomic E-state index is 11.1. The van der Waals surface area contributed by atoms with Gasteiger partial charge in [-0.15, -0.1) is 12.6 Å². The predicted molar refractivity (Wildman–Crippen MR) is 65.8 cm³/mol. The standard InChI is InChI=1S/C12H16O3S/c1-8-5-10(6-9(2)12(8)14)3-4-11(13)15-7-16/h5-6,14,16H,3-4,7H2,1-2H3. The zero-order valence-electron chi connectivity index (χ0n) is 9.49. The number of aromatic hydroxyl groups is 1. The highest BCUT2D eigenvalue weighted by atomic mass is 32.1. The molecule has 0 fully saturated rings. The number of aryl methyl sites for hydroxylation is 3. The lowest BCUT2D eigenvalue weighted by Crippen LogP contribution is -2.04. The molecule has 1 rings (SSSR count). The Kier molecular flexibility index (Phi) is 4.68. The van der Waals surface area contributed by atoms with Crippen LogP contribution in [0.5, 0.6) is 5.75 Å². The van der Waals surface area contributed by atoms with Crippen LogP contribution in [-0.2, 0) is 16.0 Å². The number of rotatable bonds is 4. The summed E-state index contributed by atoms with van der Waals surface area (Å²) in [5.74, 6) is 0.187. The van der Waals surface area contributed by atoms with Gasteiger partial charge in [0.2, 0.25) is 0 Å². The average molecular weight is 240 g/mol. The minimum atomic E-state index is -0.251. The number of thiol groups is 1. The van der Waals surface area contributed by atoms with Gasteiger partial charge in [-0.25, -0.2) is 0 Å². The summed E-state index contributed by atoms with van der Waals surface area (Å²) < 4.78 is 4.72. The third-order valence-electron chi connectivity index (χ3n) is 2.39. The summed E-state index contributed by atoms with van der Waals surface area (Å²) in [5.41, 5.74) is 2.69. The largest absolute Gasteiger partial charge is 0.507 e. The van der Waals surface area contributed by atoms with Gasteiger partial charge >= 0.3 is 5.97 Å². The van der Waals surface area contributed by atoms with Gasteiger partial charge in [-0.05, 0) is 37.0 Å². The third-order valence-corrected chi connectivity index (χ3v) is 2.52. The van der Waals surface area contributed by atoms with Gasteiger partial charge in [0.05, 0.1) is 0 Å². The van der Waals surface area contributed by atoms with E-state index in [0.717, 1.165) is 16.7 Å². The lowest BCUT2D eigenvalue weighted by Gasteiger charge is -2.07. The van der Waals surface area contributed by atoms with E-state index in [0.29, 0.717) is 18.6 Å². The van der Waals surface area contributed by atoms with Gasteiger partial charge in [0.25, 0.3) is 0 Å². The molecule has 0 spiro atoms. The lowest BCUT2D eigenvalue weighted by molar-refractivity contribution is -0.141. The second kappa shape index (κ2) is 5.80. The molecule has 0 radical (unpaired) electrons. The molecule has 1 aromatic carbocycles. The highest BCUT2D eigenvalue weighted by Crippen LogP contribution is 2.23. The van der Waals surface area contributed by atoms with Crippen LogP contribution in [0.15, 0.2) is 12.1 Å². The molecule has 0 unspecified atom stereocenters. The molecular weight excluding hydrogens is 224 g/mol. The number of benzene rings is 1. The van der Waals surface area contributed by atoms with Crippen LogP contribution in [0.1, 0.15) is 23.1 Å². The Balaban J connectivity index is 2.65. The van der Waals surface area contributed by atoms with E-state index in [4.69, 9.17) is 4.74 Å². The molecule has 0 saturated carbocycles. The normalized spacial score (nSPS) is 10.2. The SMILES string of the molecule is Cc1cc(CCC(=O)OCS)cc(C)c1O. The Hall–Kier alpha value is -1.16. The maximum atomic E-state index is 11.1. The second-order valence-electron chi connectivity index (χ2n) is 3.72. The summed E-state index contributed by atoms with van der Waals surface area (Å²) in [6, 6.07) is 3.77. The molecule has 0 saturated heterocycles. The fourth-order valence-electron chi connectivity index (χ4n) is 1.58. The van der Waals surface area contributed by atoms with E-state index < -0.39 is 0 Å². The van der Waals surface area contributed by atoms with E-state index in [1.165, 1.54) is 0 Å². The topological polar surface area (TPSA) is 46.5 Å². The molecule has 0 atom stereocenters. The molecule has 0 bridgehead atoms. The molecule has 1 aromatic rings. The number of esters is 1. The van der Waals surface area contributed by atoms with E-state index in [1.54, 1.807) is 0 Å². The summed E-state index contributed by atoms with van der Waals surface area (Å²) in [4.78, 5) is 11.1. The summed E-state index contributed by atoms with van der Waals surface area (Å²) >= 11 is 3.81. The first-order valence-corrected chi connectivity index (χ1v) is 5.73. The van der Waals surface area contributed by atoms with Crippen molar-refractivity contribution in [3.63, 3.8) is 0 Å². The third kappa shape index (κ3) is 3.45. The van der Waals surface area contributed by atoms with Crippen molar-refractivity contribution < 1.29 is 14.6 Å². The van der Waals surface area contributed by atoms with Gasteiger partial charge in [-0.3, -0.25) is 4.79 Å². The zero-order valence-corrected chi connectivity index (χ0v) is 10.4. The smallest absolute Gasteiger partial charge is 0.306 e. The molecule has 3 nitrogen and oxygen atoms in total.